The van der Waals surface area contributed by atoms with Crippen molar-refractivity contribution in [3.8, 4) is 0 Å². The lowest BCUT2D eigenvalue weighted by molar-refractivity contribution is -0.139. The van der Waals surface area contributed by atoms with Crippen LogP contribution in [-0.2, 0) is 17.6 Å². The first-order valence-electron chi connectivity index (χ1n) is 7.48. The van der Waals surface area contributed by atoms with Crippen LogP contribution in [0.2, 0.25) is 0 Å². The number of aromatic nitrogens is 2. The van der Waals surface area contributed by atoms with E-state index in [4.69, 9.17) is 0 Å². The SMILES string of the molecule is CCCc1ncncc1C(=O)N[C@@H](Cc1ccccc1)C(=O)O. The van der Waals surface area contributed by atoms with E-state index in [0.717, 1.165) is 12.0 Å². The van der Waals surface area contributed by atoms with Crippen molar-refractivity contribution in [2.24, 2.45) is 0 Å². The molecular weight excluding hydrogens is 294 g/mol. The second-order valence-corrected chi connectivity index (χ2v) is 5.19. The Kier molecular flexibility index (Phi) is 5.80. The summed E-state index contributed by atoms with van der Waals surface area (Å²) in [6.07, 6.45) is 4.51. The number of amides is 1. The minimum absolute atomic E-state index is 0.221. The molecule has 0 aliphatic rings. The van der Waals surface area contributed by atoms with E-state index in [1.165, 1.54) is 12.5 Å². The van der Waals surface area contributed by atoms with Crippen LogP contribution in [0.25, 0.3) is 0 Å². The minimum Gasteiger partial charge on any atom is -0.480 e. The molecule has 0 saturated heterocycles. The van der Waals surface area contributed by atoms with E-state index in [1.807, 2.05) is 37.3 Å². The highest BCUT2D eigenvalue weighted by molar-refractivity contribution is 5.97. The van der Waals surface area contributed by atoms with Crippen LogP contribution in [0, 0.1) is 0 Å². The predicted molar refractivity (Wildman–Crippen MR) is 85.1 cm³/mol. The van der Waals surface area contributed by atoms with Crippen LogP contribution in [0.3, 0.4) is 0 Å². The lowest BCUT2D eigenvalue weighted by Crippen LogP contribution is -2.42. The smallest absolute Gasteiger partial charge is 0.326 e. The molecular formula is C17H19N3O3. The van der Waals surface area contributed by atoms with Gasteiger partial charge in [-0.25, -0.2) is 14.8 Å². The summed E-state index contributed by atoms with van der Waals surface area (Å²) in [6.45, 7) is 1.99. The Morgan fingerprint density at radius 3 is 2.65 bits per heavy atom. The highest BCUT2D eigenvalue weighted by atomic mass is 16.4. The molecule has 0 aliphatic heterocycles. The van der Waals surface area contributed by atoms with E-state index in [-0.39, 0.29) is 6.42 Å². The van der Waals surface area contributed by atoms with E-state index < -0.39 is 17.9 Å². The van der Waals surface area contributed by atoms with Crippen LogP contribution >= 0.6 is 0 Å². The Hall–Kier alpha value is -2.76. The Bertz CT molecular complexity index is 674. The van der Waals surface area contributed by atoms with Crippen LogP contribution in [0.1, 0.15) is 35.0 Å². The number of benzene rings is 1. The number of hydrogen-bond donors (Lipinski definition) is 2. The molecule has 1 atom stereocenters. The van der Waals surface area contributed by atoms with Crippen molar-refractivity contribution < 1.29 is 14.7 Å². The van der Waals surface area contributed by atoms with Crippen molar-refractivity contribution in [1.29, 1.82) is 0 Å². The monoisotopic (exact) mass is 313 g/mol. The molecule has 0 saturated carbocycles. The normalized spacial score (nSPS) is 11.7. The van der Waals surface area contributed by atoms with Crippen LogP contribution in [0.4, 0.5) is 0 Å². The van der Waals surface area contributed by atoms with Gasteiger partial charge in [0, 0.05) is 12.6 Å². The first-order valence-corrected chi connectivity index (χ1v) is 7.48. The van der Waals surface area contributed by atoms with Gasteiger partial charge in [0.2, 0.25) is 0 Å². The van der Waals surface area contributed by atoms with Gasteiger partial charge in [-0.15, -0.1) is 0 Å². The number of carboxylic acid groups (broad SMARTS) is 1. The number of rotatable bonds is 7. The Balaban J connectivity index is 2.14. The third-order valence-electron chi connectivity index (χ3n) is 3.41. The summed E-state index contributed by atoms with van der Waals surface area (Å²) in [6, 6.07) is 8.18. The Labute approximate surface area is 134 Å². The molecule has 0 radical (unpaired) electrons. The van der Waals surface area contributed by atoms with Crippen LogP contribution < -0.4 is 5.32 Å². The summed E-state index contributed by atoms with van der Waals surface area (Å²) in [7, 11) is 0. The lowest BCUT2D eigenvalue weighted by atomic mass is 10.0. The number of nitrogens with zero attached hydrogens (tertiary/aromatic N) is 2. The molecule has 0 bridgehead atoms. The molecule has 120 valence electrons. The fraction of sp³-hybridized carbons (Fsp3) is 0.294. The maximum absolute atomic E-state index is 12.4. The molecule has 1 aromatic heterocycles. The van der Waals surface area contributed by atoms with E-state index in [0.29, 0.717) is 17.7 Å². The molecule has 0 fully saturated rings. The molecule has 2 rings (SSSR count). The maximum atomic E-state index is 12.4. The Morgan fingerprint density at radius 2 is 2.00 bits per heavy atom. The second kappa shape index (κ2) is 8.03. The molecule has 0 spiro atoms. The van der Waals surface area contributed by atoms with E-state index >= 15 is 0 Å². The van der Waals surface area contributed by atoms with Gasteiger partial charge in [0.15, 0.2) is 0 Å². The average Bonchev–Trinajstić information content (AvgIpc) is 2.56. The van der Waals surface area contributed by atoms with E-state index in [2.05, 4.69) is 15.3 Å². The number of nitrogens with one attached hydrogen (secondary N) is 1. The van der Waals surface area contributed by atoms with Crippen molar-refractivity contribution in [1.82, 2.24) is 15.3 Å². The van der Waals surface area contributed by atoms with Gasteiger partial charge in [0.1, 0.15) is 12.4 Å². The molecule has 6 nitrogen and oxygen atoms in total. The van der Waals surface area contributed by atoms with Crippen LogP contribution in [0.5, 0.6) is 0 Å². The summed E-state index contributed by atoms with van der Waals surface area (Å²) in [5, 5.41) is 11.9. The fourth-order valence-corrected chi connectivity index (χ4v) is 2.27. The number of aliphatic carboxylic acids is 1. The molecule has 1 amide bonds. The van der Waals surface area contributed by atoms with Gasteiger partial charge in [0.05, 0.1) is 11.3 Å². The Morgan fingerprint density at radius 1 is 1.26 bits per heavy atom. The average molecular weight is 313 g/mol. The van der Waals surface area contributed by atoms with Crippen LogP contribution in [-0.4, -0.2) is 33.0 Å². The lowest BCUT2D eigenvalue weighted by Gasteiger charge is -2.15. The summed E-state index contributed by atoms with van der Waals surface area (Å²) < 4.78 is 0. The third-order valence-corrected chi connectivity index (χ3v) is 3.41. The van der Waals surface area contributed by atoms with E-state index in [1.54, 1.807) is 0 Å². The fourth-order valence-electron chi connectivity index (χ4n) is 2.27. The summed E-state index contributed by atoms with van der Waals surface area (Å²) >= 11 is 0. The van der Waals surface area contributed by atoms with E-state index in [9.17, 15) is 14.7 Å². The minimum atomic E-state index is -1.07. The van der Waals surface area contributed by atoms with Gasteiger partial charge >= 0.3 is 5.97 Å². The van der Waals surface area contributed by atoms with Crippen molar-refractivity contribution in [2.75, 3.05) is 0 Å². The van der Waals surface area contributed by atoms with Gasteiger partial charge in [-0.2, -0.15) is 0 Å². The molecule has 0 aliphatic carbocycles. The first kappa shape index (κ1) is 16.6. The number of carbonyl (C=O) groups excluding carboxylic acids is 1. The topological polar surface area (TPSA) is 92.2 Å². The van der Waals surface area contributed by atoms with Crippen LogP contribution in [0.15, 0.2) is 42.9 Å². The highest BCUT2D eigenvalue weighted by Gasteiger charge is 2.22. The zero-order valence-electron chi connectivity index (χ0n) is 12.9. The van der Waals surface area contributed by atoms with Crippen molar-refractivity contribution in [3.05, 3.63) is 59.7 Å². The van der Waals surface area contributed by atoms with Gasteiger partial charge in [-0.05, 0) is 12.0 Å². The van der Waals surface area contributed by atoms with Gasteiger partial charge in [0.25, 0.3) is 5.91 Å². The molecule has 2 N–H and O–H groups in total. The maximum Gasteiger partial charge on any atom is 0.326 e. The summed E-state index contributed by atoms with van der Waals surface area (Å²) in [4.78, 5) is 31.8. The standard InChI is InChI=1S/C17H19N3O3/c1-2-6-14-13(10-18-11-19-14)16(21)20-15(17(22)23)9-12-7-4-3-5-8-12/h3-5,7-8,10-11,15H,2,6,9H2,1H3,(H,20,21)(H,22,23)/t15-/m0/s1. The molecule has 6 heteroatoms. The van der Waals surface area contributed by atoms with Gasteiger partial charge in [-0.1, -0.05) is 43.7 Å². The zero-order chi connectivity index (χ0) is 16.7. The van der Waals surface area contributed by atoms with Crippen molar-refractivity contribution in [3.63, 3.8) is 0 Å². The molecule has 1 aromatic carbocycles. The zero-order valence-corrected chi connectivity index (χ0v) is 12.9. The number of carboxylic acids is 1. The largest absolute Gasteiger partial charge is 0.480 e. The van der Waals surface area contributed by atoms with Gasteiger partial charge < -0.3 is 10.4 Å². The first-order chi connectivity index (χ1) is 11.1. The second-order valence-electron chi connectivity index (χ2n) is 5.19. The molecule has 0 unspecified atom stereocenters. The third kappa shape index (κ3) is 4.60. The molecule has 23 heavy (non-hydrogen) atoms. The quantitative estimate of drug-likeness (QED) is 0.814. The van der Waals surface area contributed by atoms with Gasteiger partial charge in [-0.3, -0.25) is 4.79 Å². The summed E-state index contributed by atoms with van der Waals surface area (Å²) in [5.41, 5.74) is 1.80. The predicted octanol–water partition coefficient (Wildman–Crippen LogP) is 1.85. The molecule has 1 heterocycles. The number of aryl methyl sites for hydroxylation is 1. The number of hydrogen-bond acceptors (Lipinski definition) is 4. The highest BCUT2D eigenvalue weighted by Crippen LogP contribution is 2.09. The van der Waals surface area contributed by atoms with Crippen molar-refractivity contribution in [2.45, 2.75) is 32.2 Å². The van der Waals surface area contributed by atoms with Crippen molar-refractivity contribution >= 4 is 11.9 Å². The summed E-state index contributed by atoms with van der Waals surface area (Å²) in [5.74, 6) is -1.53. The molecule has 2 aromatic rings. The number of carbonyl (C=O) groups is 2.